The van der Waals surface area contributed by atoms with Gasteiger partial charge in [0.05, 0.1) is 12.0 Å². The molecule has 0 saturated carbocycles. The summed E-state index contributed by atoms with van der Waals surface area (Å²) >= 11 is 0. The predicted octanol–water partition coefficient (Wildman–Crippen LogP) is 2.80. The van der Waals surface area contributed by atoms with Crippen LogP contribution in [0, 0.1) is 0 Å². The summed E-state index contributed by atoms with van der Waals surface area (Å²) in [5.41, 5.74) is 0.539. The van der Waals surface area contributed by atoms with E-state index in [0.29, 0.717) is 24.4 Å². The van der Waals surface area contributed by atoms with Gasteiger partial charge in [-0.2, -0.15) is 0 Å². The summed E-state index contributed by atoms with van der Waals surface area (Å²) in [6.07, 6.45) is 6.19. The third-order valence-electron chi connectivity index (χ3n) is 4.90. The summed E-state index contributed by atoms with van der Waals surface area (Å²) in [6.45, 7) is 1.39. The van der Waals surface area contributed by atoms with Gasteiger partial charge in [0.2, 0.25) is 0 Å². The Morgan fingerprint density at radius 2 is 1.89 bits per heavy atom. The third-order valence-corrected chi connectivity index (χ3v) is 7.02. The largest absolute Gasteiger partial charge is 0.497 e. The molecule has 0 bridgehead atoms. The molecule has 0 unspecified atom stereocenters. The van der Waals surface area contributed by atoms with Crippen LogP contribution >= 0.6 is 0 Å². The third kappa shape index (κ3) is 4.62. The number of nitrogens with one attached hydrogen (secondary N) is 1. The molecule has 0 spiro atoms. The predicted molar refractivity (Wildman–Crippen MR) is 106 cm³/mol. The SMILES string of the molecule is COc1ccc(S(=O)(=O)[C@@H](CNC(=O)N2CCCCC2)c2cccnc2)cc1. The zero-order valence-corrected chi connectivity index (χ0v) is 16.7. The monoisotopic (exact) mass is 403 g/mol. The number of rotatable bonds is 6. The van der Waals surface area contributed by atoms with Crippen LogP contribution in [0.1, 0.15) is 30.1 Å². The summed E-state index contributed by atoms with van der Waals surface area (Å²) < 4.78 is 31.7. The quantitative estimate of drug-likeness (QED) is 0.801. The van der Waals surface area contributed by atoms with Gasteiger partial charge in [0.1, 0.15) is 11.0 Å². The van der Waals surface area contributed by atoms with Crippen molar-refractivity contribution in [1.82, 2.24) is 15.2 Å². The van der Waals surface area contributed by atoms with Crippen LogP contribution in [-0.4, -0.2) is 51.1 Å². The molecule has 2 amide bonds. The van der Waals surface area contributed by atoms with E-state index in [1.165, 1.54) is 25.4 Å². The van der Waals surface area contributed by atoms with E-state index in [1.807, 2.05) is 0 Å². The molecule has 1 aromatic carbocycles. The molecule has 1 aliphatic heterocycles. The first-order valence-corrected chi connectivity index (χ1v) is 10.9. The molecule has 2 aromatic rings. The standard InChI is InChI=1S/C20H25N3O4S/c1-27-17-7-9-18(10-8-17)28(25,26)19(16-6-5-11-21-14-16)15-22-20(24)23-12-3-2-4-13-23/h5-11,14,19H,2-4,12-13,15H2,1H3,(H,22,24)/t19-/m0/s1. The molecule has 2 heterocycles. The maximum absolute atomic E-state index is 13.3. The van der Waals surface area contributed by atoms with Crippen molar-refractivity contribution >= 4 is 15.9 Å². The summed E-state index contributed by atoms with van der Waals surface area (Å²) in [7, 11) is -2.21. The van der Waals surface area contributed by atoms with Crippen molar-refractivity contribution in [2.75, 3.05) is 26.7 Å². The van der Waals surface area contributed by atoms with E-state index in [-0.39, 0.29) is 17.5 Å². The van der Waals surface area contributed by atoms with E-state index in [2.05, 4.69) is 10.3 Å². The number of ether oxygens (including phenoxy) is 1. The molecule has 0 radical (unpaired) electrons. The number of hydrogen-bond acceptors (Lipinski definition) is 5. The maximum atomic E-state index is 13.3. The summed E-state index contributed by atoms with van der Waals surface area (Å²) in [5, 5.41) is 1.88. The van der Waals surface area contributed by atoms with E-state index < -0.39 is 15.1 Å². The number of amides is 2. The molecule has 0 aliphatic carbocycles. The number of likely N-dealkylation sites (tertiary alicyclic amines) is 1. The molecule has 28 heavy (non-hydrogen) atoms. The average Bonchev–Trinajstić information content (AvgIpc) is 2.75. The van der Waals surface area contributed by atoms with E-state index in [0.717, 1.165) is 19.3 Å². The normalized spacial score (nSPS) is 15.7. The van der Waals surface area contributed by atoms with Crippen molar-refractivity contribution in [1.29, 1.82) is 0 Å². The minimum absolute atomic E-state index is 0.0185. The molecule has 7 nitrogen and oxygen atoms in total. The van der Waals surface area contributed by atoms with Crippen LogP contribution in [-0.2, 0) is 9.84 Å². The highest BCUT2D eigenvalue weighted by atomic mass is 32.2. The van der Waals surface area contributed by atoms with Crippen LogP contribution in [0.4, 0.5) is 4.79 Å². The van der Waals surface area contributed by atoms with Crippen LogP contribution in [0.5, 0.6) is 5.75 Å². The number of urea groups is 1. The van der Waals surface area contributed by atoms with Gasteiger partial charge in [0, 0.05) is 32.0 Å². The fraction of sp³-hybridized carbons (Fsp3) is 0.400. The Morgan fingerprint density at radius 1 is 1.18 bits per heavy atom. The smallest absolute Gasteiger partial charge is 0.317 e. The van der Waals surface area contributed by atoms with E-state index in [4.69, 9.17) is 4.74 Å². The Labute approximate surface area is 165 Å². The van der Waals surface area contributed by atoms with Crippen molar-refractivity contribution in [3.05, 3.63) is 54.4 Å². The second-order valence-electron chi connectivity index (χ2n) is 6.73. The first-order valence-electron chi connectivity index (χ1n) is 9.33. The van der Waals surface area contributed by atoms with Gasteiger partial charge in [-0.1, -0.05) is 6.07 Å². The van der Waals surface area contributed by atoms with Gasteiger partial charge in [0.25, 0.3) is 0 Å². The number of carbonyl (C=O) groups is 1. The molecule has 3 rings (SSSR count). The van der Waals surface area contributed by atoms with Crippen molar-refractivity contribution in [2.45, 2.75) is 29.4 Å². The summed E-state index contributed by atoms with van der Waals surface area (Å²) in [4.78, 5) is 18.4. The first kappa shape index (κ1) is 20.1. The molecular formula is C20H25N3O4S. The molecule has 1 saturated heterocycles. The van der Waals surface area contributed by atoms with E-state index >= 15 is 0 Å². The molecule has 150 valence electrons. The average molecular weight is 404 g/mol. The molecule has 1 fully saturated rings. The van der Waals surface area contributed by atoms with Gasteiger partial charge in [-0.3, -0.25) is 4.98 Å². The Kier molecular flexibility index (Phi) is 6.51. The van der Waals surface area contributed by atoms with Gasteiger partial charge in [-0.05, 0) is 55.2 Å². The Morgan fingerprint density at radius 3 is 2.50 bits per heavy atom. The Balaban J connectivity index is 1.83. The van der Waals surface area contributed by atoms with Crippen molar-refractivity contribution in [3.63, 3.8) is 0 Å². The number of aromatic nitrogens is 1. The van der Waals surface area contributed by atoms with Crippen LogP contribution in [0.25, 0.3) is 0 Å². The number of sulfone groups is 1. The highest BCUT2D eigenvalue weighted by Crippen LogP contribution is 2.29. The van der Waals surface area contributed by atoms with Crippen LogP contribution in [0.2, 0.25) is 0 Å². The number of methoxy groups -OCH3 is 1. The lowest BCUT2D eigenvalue weighted by molar-refractivity contribution is 0.186. The fourth-order valence-corrected chi connectivity index (χ4v) is 4.94. The highest BCUT2D eigenvalue weighted by Gasteiger charge is 2.30. The number of piperidine rings is 1. The first-order chi connectivity index (χ1) is 13.5. The molecule has 1 aliphatic rings. The number of nitrogens with zero attached hydrogens (tertiary/aromatic N) is 2. The molecule has 1 N–H and O–H groups in total. The lowest BCUT2D eigenvalue weighted by Gasteiger charge is -2.28. The number of benzene rings is 1. The summed E-state index contributed by atoms with van der Waals surface area (Å²) in [6, 6.07) is 9.44. The van der Waals surface area contributed by atoms with Gasteiger partial charge >= 0.3 is 6.03 Å². The number of carbonyl (C=O) groups excluding carboxylic acids is 1. The van der Waals surface area contributed by atoms with Gasteiger partial charge < -0.3 is 15.0 Å². The minimum atomic E-state index is -3.73. The molecular weight excluding hydrogens is 378 g/mol. The number of hydrogen-bond donors (Lipinski definition) is 1. The zero-order chi connectivity index (χ0) is 20.0. The van der Waals surface area contributed by atoms with Crippen molar-refractivity contribution < 1.29 is 17.9 Å². The maximum Gasteiger partial charge on any atom is 0.317 e. The van der Waals surface area contributed by atoms with Gasteiger partial charge in [-0.15, -0.1) is 0 Å². The van der Waals surface area contributed by atoms with E-state index in [9.17, 15) is 13.2 Å². The topological polar surface area (TPSA) is 88.6 Å². The lowest BCUT2D eigenvalue weighted by atomic mass is 10.1. The van der Waals surface area contributed by atoms with Gasteiger partial charge in [-0.25, -0.2) is 13.2 Å². The van der Waals surface area contributed by atoms with Crippen LogP contribution in [0.15, 0.2) is 53.7 Å². The van der Waals surface area contributed by atoms with Gasteiger partial charge in [0.15, 0.2) is 9.84 Å². The summed E-state index contributed by atoms with van der Waals surface area (Å²) in [5.74, 6) is 0.579. The van der Waals surface area contributed by atoms with Crippen molar-refractivity contribution in [2.24, 2.45) is 0 Å². The van der Waals surface area contributed by atoms with E-state index in [1.54, 1.807) is 35.4 Å². The molecule has 8 heteroatoms. The fourth-order valence-electron chi connectivity index (χ4n) is 3.29. The Hall–Kier alpha value is -2.61. The van der Waals surface area contributed by atoms with Crippen LogP contribution in [0.3, 0.4) is 0 Å². The lowest BCUT2D eigenvalue weighted by Crippen LogP contribution is -2.44. The Bertz CT molecular complexity index is 879. The second-order valence-corrected chi connectivity index (χ2v) is 8.86. The second kappa shape index (κ2) is 9.05. The zero-order valence-electron chi connectivity index (χ0n) is 15.9. The molecule has 1 atom stereocenters. The minimum Gasteiger partial charge on any atom is -0.497 e. The molecule has 1 aromatic heterocycles. The number of pyridine rings is 1. The van der Waals surface area contributed by atoms with Crippen molar-refractivity contribution in [3.8, 4) is 5.75 Å². The highest BCUT2D eigenvalue weighted by molar-refractivity contribution is 7.91. The van der Waals surface area contributed by atoms with Crippen LogP contribution < -0.4 is 10.1 Å².